The van der Waals surface area contributed by atoms with Crippen LogP contribution >= 0.6 is 0 Å². The van der Waals surface area contributed by atoms with Gasteiger partial charge in [0.05, 0.1) is 6.61 Å². The van der Waals surface area contributed by atoms with Gasteiger partial charge in [-0.3, -0.25) is 0 Å². The molecule has 0 spiro atoms. The quantitative estimate of drug-likeness (QED) is 0.825. The third kappa shape index (κ3) is 1.76. The van der Waals surface area contributed by atoms with Crippen LogP contribution in [0.5, 0.6) is 0 Å². The van der Waals surface area contributed by atoms with Crippen molar-refractivity contribution >= 4 is 0 Å². The van der Waals surface area contributed by atoms with Gasteiger partial charge in [-0.15, -0.1) is 0 Å². The minimum Gasteiger partial charge on any atom is -0.380 e. The van der Waals surface area contributed by atoms with E-state index in [2.05, 4.69) is 30.3 Å². The van der Waals surface area contributed by atoms with Gasteiger partial charge in [0.25, 0.3) is 0 Å². The van der Waals surface area contributed by atoms with Gasteiger partial charge in [0.1, 0.15) is 0 Å². The van der Waals surface area contributed by atoms with Crippen LogP contribution in [0.25, 0.3) is 0 Å². The highest BCUT2D eigenvalue weighted by molar-refractivity contribution is 5.28. The molecule has 3 rings (SSSR count). The molecule has 2 aliphatic rings. The standard InChI is InChI=1S/C14H19NO/c15-14(7-4-8-16-10-14)13-9-12(13)11-5-2-1-3-6-11/h1-3,5-6,12-13H,4,7-10,15H2. The van der Waals surface area contributed by atoms with E-state index < -0.39 is 0 Å². The SMILES string of the molecule is NC1(C2CC2c2ccccc2)CCCOC1. The van der Waals surface area contributed by atoms with E-state index in [-0.39, 0.29) is 5.54 Å². The number of ether oxygens (including phenoxy) is 1. The van der Waals surface area contributed by atoms with E-state index in [1.54, 1.807) is 0 Å². The molecule has 1 aliphatic heterocycles. The van der Waals surface area contributed by atoms with Crippen molar-refractivity contribution in [3.05, 3.63) is 35.9 Å². The van der Waals surface area contributed by atoms with Crippen molar-refractivity contribution in [3.63, 3.8) is 0 Å². The van der Waals surface area contributed by atoms with Gasteiger partial charge in [0.15, 0.2) is 0 Å². The second kappa shape index (κ2) is 3.86. The minimum absolute atomic E-state index is 0.0568. The molecule has 1 heterocycles. The molecule has 1 saturated carbocycles. The predicted octanol–water partition coefficient (Wildman–Crippen LogP) is 2.30. The molecule has 0 bridgehead atoms. The number of hydrogen-bond donors (Lipinski definition) is 1. The fourth-order valence-corrected chi connectivity index (χ4v) is 3.03. The molecule has 1 aromatic carbocycles. The Balaban J connectivity index is 1.71. The fraction of sp³-hybridized carbons (Fsp3) is 0.571. The lowest BCUT2D eigenvalue weighted by Crippen LogP contribution is -2.49. The van der Waals surface area contributed by atoms with E-state index >= 15 is 0 Å². The molecule has 3 atom stereocenters. The molecule has 0 amide bonds. The van der Waals surface area contributed by atoms with Crippen molar-refractivity contribution in [3.8, 4) is 0 Å². The summed E-state index contributed by atoms with van der Waals surface area (Å²) in [6.45, 7) is 1.64. The molecule has 2 fully saturated rings. The summed E-state index contributed by atoms with van der Waals surface area (Å²) in [7, 11) is 0. The van der Waals surface area contributed by atoms with Gasteiger partial charge in [0.2, 0.25) is 0 Å². The second-order valence-corrected chi connectivity index (χ2v) is 5.25. The van der Waals surface area contributed by atoms with Gasteiger partial charge in [-0.05, 0) is 36.7 Å². The van der Waals surface area contributed by atoms with Gasteiger partial charge in [-0.2, -0.15) is 0 Å². The number of rotatable bonds is 2. The molecule has 1 aliphatic carbocycles. The van der Waals surface area contributed by atoms with Crippen LogP contribution in [0.15, 0.2) is 30.3 Å². The molecule has 2 N–H and O–H groups in total. The summed E-state index contributed by atoms with van der Waals surface area (Å²) in [5, 5.41) is 0. The van der Waals surface area contributed by atoms with E-state index in [1.807, 2.05) is 0 Å². The third-order valence-electron chi connectivity index (χ3n) is 4.06. The maximum Gasteiger partial charge on any atom is 0.0649 e. The normalized spacial score (nSPS) is 38.3. The zero-order chi connectivity index (χ0) is 11.0. The first-order valence-electron chi connectivity index (χ1n) is 6.21. The molecule has 0 radical (unpaired) electrons. The molecular formula is C14H19NO. The van der Waals surface area contributed by atoms with Crippen LogP contribution in [-0.4, -0.2) is 18.8 Å². The van der Waals surface area contributed by atoms with Crippen LogP contribution in [0.4, 0.5) is 0 Å². The van der Waals surface area contributed by atoms with Crippen LogP contribution < -0.4 is 5.73 Å². The molecule has 0 aromatic heterocycles. The average molecular weight is 217 g/mol. The summed E-state index contributed by atoms with van der Waals surface area (Å²) >= 11 is 0. The molecule has 86 valence electrons. The van der Waals surface area contributed by atoms with E-state index in [1.165, 1.54) is 12.0 Å². The molecule has 1 aromatic rings. The van der Waals surface area contributed by atoms with Crippen molar-refractivity contribution in [2.75, 3.05) is 13.2 Å². The molecule has 2 nitrogen and oxygen atoms in total. The first-order valence-corrected chi connectivity index (χ1v) is 6.21. The summed E-state index contributed by atoms with van der Waals surface area (Å²) in [6.07, 6.45) is 3.49. The van der Waals surface area contributed by atoms with Crippen LogP contribution in [0, 0.1) is 5.92 Å². The molecule has 3 unspecified atom stereocenters. The van der Waals surface area contributed by atoms with Crippen LogP contribution in [0.2, 0.25) is 0 Å². The Morgan fingerprint density at radius 1 is 1.25 bits per heavy atom. The van der Waals surface area contributed by atoms with Gasteiger partial charge >= 0.3 is 0 Å². The Hall–Kier alpha value is -0.860. The van der Waals surface area contributed by atoms with Crippen LogP contribution in [0.1, 0.15) is 30.7 Å². The Labute approximate surface area is 96.8 Å². The van der Waals surface area contributed by atoms with Crippen molar-refractivity contribution in [1.82, 2.24) is 0 Å². The first-order chi connectivity index (χ1) is 7.80. The smallest absolute Gasteiger partial charge is 0.0649 e. The first kappa shape index (κ1) is 10.3. The van der Waals surface area contributed by atoms with Gasteiger partial charge < -0.3 is 10.5 Å². The number of benzene rings is 1. The fourth-order valence-electron chi connectivity index (χ4n) is 3.03. The van der Waals surface area contributed by atoms with E-state index in [0.29, 0.717) is 11.8 Å². The molecule has 1 saturated heterocycles. The van der Waals surface area contributed by atoms with Crippen LogP contribution in [0.3, 0.4) is 0 Å². The lowest BCUT2D eigenvalue weighted by atomic mass is 9.86. The molecule has 2 heteroatoms. The number of nitrogens with two attached hydrogens (primary N) is 1. The Morgan fingerprint density at radius 3 is 2.75 bits per heavy atom. The zero-order valence-electron chi connectivity index (χ0n) is 9.56. The van der Waals surface area contributed by atoms with Gasteiger partial charge in [0, 0.05) is 12.1 Å². The second-order valence-electron chi connectivity index (χ2n) is 5.25. The largest absolute Gasteiger partial charge is 0.380 e. The number of hydrogen-bond acceptors (Lipinski definition) is 2. The maximum absolute atomic E-state index is 6.47. The van der Waals surface area contributed by atoms with Crippen LogP contribution in [-0.2, 0) is 4.74 Å². The highest BCUT2D eigenvalue weighted by Gasteiger charge is 2.51. The molecule has 16 heavy (non-hydrogen) atoms. The monoisotopic (exact) mass is 217 g/mol. The van der Waals surface area contributed by atoms with Crippen molar-refractivity contribution < 1.29 is 4.74 Å². The summed E-state index contributed by atoms with van der Waals surface area (Å²) in [5.41, 5.74) is 7.86. The summed E-state index contributed by atoms with van der Waals surface area (Å²) < 4.78 is 5.55. The third-order valence-corrected chi connectivity index (χ3v) is 4.06. The van der Waals surface area contributed by atoms with Crippen molar-refractivity contribution in [1.29, 1.82) is 0 Å². The predicted molar refractivity (Wildman–Crippen MR) is 64.3 cm³/mol. The van der Waals surface area contributed by atoms with Crippen molar-refractivity contribution in [2.24, 2.45) is 11.7 Å². The lowest BCUT2D eigenvalue weighted by molar-refractivity contribution is 0.0277. The highest BCUT2D eigenvalue weighted by atomic mass is 16.5. The van der Waals surface area contributed by atoms with Crippen molar-refractivity contribution in [2.45, 2.75) is 30.7 Å². The van der Waals surface area contributed by atoms with E-state index in [4.69, 9.17) is 10.5 Å². The Bertz CT molecular complexity index is 356. The Kier molecular flexibility index (Phi) is 2.49. The molecular weight excluding hydrogens is 198 g/mol. The lowest BCUT2D eigenvalue weighted by Gasteiger charge is -2.34. The summed E-state index contributed by atoms with van der Waals surface area (Å²) in [6, 6.07) is 10.7. The summed E-state index contributed by atoms with van der Waals surface area (Å²) in [5.74, 6) is 1.31. The van der Waals surface area contributed by atoms with E-state index in [0.717, 1.165) is 26.1 Å². The van der Waals surface area contributed by atoms with Gasteiger partial charge in [-0.25, -0.2) is 0 Å². The average Bonchev–Trinajstić information content (AvgIpc) is 3.12. The topological polar surface area (TPSA) is 35.2 Å². The van der Waals surface area contributed by atoms with Gasteiger partial charge in [-0.1, -0.05) is 30.3 Å². The zero-order valence-corrected chi connectivity index (χ0v) is 9.56. The Morgan fingerprint density at radius 2 is 2.06 bits per heavy atom. The highest BCUT2D eigenvalue weighted by Crippen LogP contribution is 2.54. The summed E-state index contributed by atoms with van der Waals surface area (Å²) in [4.78, 5) is 0. The maximum atomic E-state index is 6.47. The van der Waals surface area contributed by atoms with E-state index in [9.17, 15) is 0 Å². The minimum atomic E-state index is -0.0568.